The Morgan fingerprint density at radius 3 is 2.28 bits per heavy atom. The van der Waals surface area contributed by atoms with E-state index in [0.29, 0.717) is 17.7 Å². The van der Waals surface area contributed by atoms with Gasteiger partial charge in [0.15, 0.2) is 0 Å². The predicted octanol–water partition coefficient (Wildman–Crippen LogP) is -0.419. The molecule has 0 bridgehead atoms. The summed E-state index contributed by atoms with van der Waals surface area (Å²) < 4.78 is 0. The fourth-order valence-corrected chi connectivity index (χ4v) is 4.07. The van der Waals surface area contributed by atoms with Gasteiger partial charge in [-0.25, -0.2) is 9.78 Å². The second kappa shape index (κ2) is 13.5. The number of imidazole rings is 1. The number of carbonyl (C=O) groups excluding carboxylic acids is 3. The van der Waals surface area contributed by atoms with E-state index < -0.39 is 54.5 Å². The van der Waals surface area contributed by atoms with Crippen molar-refractivity contribution in [1.29, 1.82) is 0 Å². The first-order valence-electron chi connectivity index (χ1n) is 12.7. The monoisotopic (exact) mass is 541 g/mol. The summed E-state index contributed by atoms with van der Waals surface area (Å²) in [6, 6.07) is 2.60. The fraction of sp³-hybridized carbons (Fsp3) is 0.423. The van der Waals surface area contributed by atoms with Crippen molar-refractivity contribution in [2.75, 3.05) is 6.61 Å². The Bertz CT molecular complexity index is 1270. The number of fused-ring (bicyclic) bond motifs is 1. The number of aromatic nitrogens is 3. The smallest absolute Gasteiger partial charge is 0.326 e. The molecular weight excluding hydrogens is 506 g/mol. The average molecular weight is 542 g/mol. The molecule has 0 spiro atoms. The average Bonchev–Trinajstić information content (AvgIpc) is 3.59. The summed E-state index contributed by atoms with van der Waals surface area (Å²) in [4.78, 5) is 60.6. The highest BCUT2D eigenvalue weighted by Gasteiger charge is 2.31. The molecule has 3 amide bonds. The number of carboxylic acid groups (broad SMARTS) is 1. The van der Waals surface area contributed by atoms with Gasteiger partial charge in [-0.05, 0) is 17.5 Å². The van der Waals surface area contributed by atoms with Crippen LogP contribution in [-0.4, -0.2) is 79.6 Å². The summed E-state index contributed by atoms with van der Waals surface area (Å²) in [5.74, 6) is -3.60. The molecule has 0 aliphatic rings. The number of aliphatic hydroxyl groups excluding tert-OH is 1. The summed E-state index contributed by atoms with van der Waals surface area (Å²) in [6.07, 6.45) is 5.14. The Morgan fingerprint density at radius 1 is 0.974 bits per heavy atom. The van der Waals surface area contributed by atoms with Crippen LogP contribution >= 0.6 is 0 Å². The zero-order chi connectivity index (χ0) is 28.5. The van der Waals surface area contributed by atoms with Crippen LogP contribution < -0.4 is 21.7 Å². The van der Waals surface area contributed by atoms with Gasteiger partial charge < -0.3 is 41.9 Å². The van der Waals surface area contributed by atoms with Crippen LogP contribution in [0.15, 0.2) is 43.0 Å². The van der Waals surface area contributed by atoms with Crippen LogP contribution in [0.2, 0.25) is 0 Å². The first-order chi connectivity index (χ1) is 18.6. The van der Waals surface area contributed by atoms with Crippen molar-refractivity contribution in [3.63, 3.8) is 0 Å². The number of hydrogen-bond acceptors (Lipinski definition) is 7. The largest absolute Gasteiger partial charge is 0.480 e. The number of hydrogen-bond donors (Lipinski definition) is 8. The van der Waals surface area contributed by atoms with Crippen molar-refractivity contribution in [3.8, 4) is 0 Å². The SMILES string of the molecule is CCC(C)C(N)C(=O)NC(CO)C(=O)NC(Cc1c[nH]c2ccccc12)C(=O)NC(Cc1cnc[nH]1)C(=O)O. The summed E-state index contributed by atoms with van der Waals surface area (Å²) in [7, 11) is 0. The van der Waals surface area contributed by atoms with Crippen LogP contribution in [0.5, 0.6) is 0 Å². The van der Waals surface area contributed by atoms with Crippen LogP contribution in [0.1, 0.15) is 31.5 Å². The number of H-pyrrole nitrogens is 2. The fourth-order valence-electron chi connectivity index (χ4n) is 4.07. The third-order valence-corrected chi connectivity index (χ3v) is 6.70. The van der Waals surface area contributed by atoms with E-state index in [-0.39, 0.29) is 18.8 Å². The molecule has 0 saturated carbocycles. The molecule has 2 heterocycles. The van der Waals surface area contributed by atoms with Crippen molar-refractivity contribution in [3.05, 3.63) is 54.2 Å². The summed E-state index contributed by atoms with van der Waals surface area (Å²) in [6.45, 7) is 2.93. The number of aliphatic carboxylic acids is 1. The number of nitrogens with one attached hydrogen (secondary N) is 5. The Hall–Kier alpha value is -4.23. The van der Waals surface area contributed by atoms with E-state index in [0.717, 1.165) is 10.9 Å². The molecule has 3 rings (SSSR count). The Labute approximate surface area is 225 Å². The van der Waals surface area contributed by atoms with E-state index in [2.05, 4.69) is 30.9 Å². The molecule has 3 aromatic rings. The van der Waals surface area contributed by atoms with Gasteiger partial charge in [-0.3, -0.25) is 14.4 Å². The van der Waals surface area contributed by atoms with Gasteiger partial charge in [0.1, 0.15) is 18.1 Å². The van der Waals surface area contributed by atoms with Gasteiger partial charge in [-0.2, -0.15) is 0 Å². The molecule has 39 heavy (non-hydrogen) atoms. The number of aliphatic hydroxyl groups is 1. The molecule has 0 fully saturated rings. The highest BCUT2D eigenvalue weighted by molar-refractivity contribution is 5.95. The maximum Gasteiger partial charge on any atom is 0.326 e. The molecule has 210 valence electrons. The molecule has 5 unspecified atom stereocenters. The predicted molar refractivity (Wildman–Crippen MR) is 142 cm³/mol. The van der Waals surface area contributed by atoms with E-state index in [4.69, 9.17) is 5.73 Å². The number of carbonyl (C=O) groups is 4. The van der Waals surface area contributed by atoms with Gasteiger partial charge in [-0.1, -0.05) is 38.5 Å². The van der Waals surface area contributed by atoms with E-state index in [1.807, 2.05) is 31.2 Å². The molecule has 1 aromatic carbocycles. The molecule has 9 N–H and O–H groups in total. The number of rotatable bonds is 14. The third kappa shape index (κ3) is 7.65. The first kappa shape index (κ1) is 29.3. The topological polar surface area (TPSA) is 215 Å². The van der Waals surface area contributed by atoms with E-state index in [1.165, 1.54) is 12.5 Å². The normalized spacial score (nSPS) is 15.1. The lowest BCUT2D eigenvalue weighted by Gasteiger charge is -2.25. The lowest BCUT2D eigenvalue weighted by molar-refractivity contribution is -0.142. The van der Waals surface area contributed by atoms with Crippen LogP contribution in [0.4, 0.5) is 0 Å². The summed E-state index contributed by atoms with van der Waals surface area (Å²) in [5.41, 5.74) is 7.97. The maximum atomic E-state index is 13.4. The van der Waals surface area contributed by atoms with Gasteiger partial charge in [0.2, 0.25) is 17.7 Å². The quantitative estimate of drug-likeness (QED) is 0.134. The second-order valence-electron chi connectivity index (χ2n) is 9.46. The molecule has 0 aliphatic heterocycles. The second-order valence-corrected chi connectivity index (χ2v) is 9.46. The Morgan fingerprint density at radius 2 is 1.64 bits per heavy atom. The molecule has 13 heteroatoms. The lowest BCUT2D eigenvalue weighted by Crippen LogP contribution is -2.59. The van der Waals surface area contributed by atoms with Crippen molar-refractivity contribution < 1.29 is 29.4 Å². The minimum Gasteiger partial charge on any atom is -0.480 e. The van der Waals surface area contributed by atoms with E-state index >= 15 is 0 Å². The van der Waals surface area contributed by atoms with Gasteiger partial charge in [-0.15, -0.1) is 0 Å². The zero-order valence-electron chi connectivity index (χ0n) is 21.8. The molecule has 2 aromatic heterocycles. The van der Waals surface area contributed by atoms with E-state index in [1.54, 1.807) is 13.1 Å². The third-order valence-electron chi connectivity index (χ3n) is 6.70. The standard InChI is InChI=1S/C26H35N7O6/c1-3-14(2)22(27)25(37)33-21(12-34)24(36)31-19(8-15-10-29-18-7-5-4-6-17(15)18)23(35)32-20(26(38)39)9-16-11-28-13-30-16/h4-7,10-11,13-14,19-22,29,34H,3,8-9,12,27H2,1-2H3,(H,28,30)(H,31,36)(H,32,35)(H,33,37)(H,38,39). The number of para-hydroxylation sites is 1. The number of carboxylic acids is 1. The van der Waals surface area contributed by atoms with Crippen LogP contribution in [-0.2, 0) is 32.0 Å². The highest BCUT2D eigenvalue weighted by atomic mass is 16.4. The Kier molecular flexibility index (Phi) is 10.2. The van der Waals surface area contributed by atoms with Gasteiger partial charge in [0.05, 0.1) is 19.0 Å². The van der Waals surface area contributed by atoms with Crippen molar-refractivity contribution >= 4 is 34.6 Å². The van der Waals surface area contributed by atoms with Crippen LogP contribution in [0, 0.1) is 5.92 Å². The minimum absolute atomic E-state index is 0.0104. The maximum absolute atomic E-state index is 13.4. The molecule has 0 saturated heterocycles. The number of aromatic amines is 2. The van der Waals surface area contributed by atoms with Crippen LogP contribution in [0.3, 0.4) is 0 Å². The Balaban J connectivity index is 1.81. The molecule has 13 nitrogen and oxygen atoms in total. The molecule has 0 radical (unpaired) electrons. The number of nitrogens with two attached hydrogens (primary N) is 1. The first-order valence-corrected chi connectivity index (χ1v) is 12.7. The zero-order valence-corrected chi connectivity index (χ0v) is 21.8. The summed E-state index contributed by atoms with van der Waals surface area (Å²) in [5, 5.41) is 27.8. The van der Waals surface area contributed by atoms with Gasteiger partial charge in [0.25, 0.3) is 0 Å². The molecular formula is C26H35N7O6. The van der Waals surface area contributed by atoms with Crippen LogP contribution in [0.25, 0.3) is 10.9 Å². The molecule has 0 aliphatic carbocycles. The van der Waals surface area contributed by atoms with Gasteiger partial charge >= 0.3 is 5.97 Å². The van der Waals surface area contributed by atoms with Gasteiger partial charge in [0, 0.05) is 41.8 Å². The van der Waals surface area contributed by atoms with Crippen molar-refractivity contribution in [1.82, 2.24) is 30.9 Å². The number of benzene rings is 1. The van der Waals surface area contributed by atoms with Crippen molar-refractivity contribution in [2.24, 2.45) is 11.7 Å². The lowest BCUT2D eigenvalue weighted by atomic mass is 9.99. The number of amides is 3. The summed E-state index contributed by atoms with van der Waals surface area (Å²) >= 11 is 0. The van der Waals surface area contributed by atoms with Crippen molar-refractivity contribution in [2.45, 2.75) is 57.3 Å². The number of nitrogens with zero attached hydrogens (tertiary/aromatic N) is 1. The highest BCUT2D eigenvalue weighted by Crippen LogP contribution is 2.19. The molecule has 5 atom stereocenters. The van der Waals surface area contributed by atoms with E-state index in [9.17, 15) is 29.4 Å². The minimum atomic E-state index is -1.37.